The average Bonchev–Trinajstić information content (AvgIpc) is 1.62. The highest BCUT2D eigenvalue weighted by Crippen LogP contribution is 2.65. The highest BCUT2D eigenvalue weighted by Gasteiger charge is 2.53. The fourth-order valence-electron chi connectivity index (χ4n) is 16.5. The molecule has 8 aromatic heterocycles. The van der Waals surface area contributed by atoms with Gasteiger partial charge in [-0.05, 0) is 48.0 Å². The van der Waals surface area contributed by atoms with Gasteiger partial charge in [-0.15, -0.1) is 0 Å². The second-order valence-electron chi connectivity index (χ2n) is 33.9. The molecular weight excluding hydrogens is 2200 g/mol. The van der Waals surface area contributed by atoms with E-state index in [1.54, 1.807) is 6.92 Å². The van der Waals surface area contributed by atoms with E-state index >= 15 is 0 Å². The maximum absolute atomic E-state index is 15.0. The van der Waals surface area contributed by atoms with Crippen LogP contribution < -0.4 is 79.1 Å². The molecule has 7 aliphatic rings. The minimum absolute atomic E-state index is 0.000825. The van der Waals surface area contributed by atoms with Gasteiger partial charge in [0, 0.05) is 123 Å². The molecule has 0 bridgehead atoms. The summed E-state index contributed by atoms with van der Waals surface area (Å²) in [6.07, 6.45) is -22.5. The second kappa shape index (κ2) is 44.8. The Hall–Kier alpha value is -6.55. The van der Waals surface area contributed by atoms with Crippen molar-refractivity contribution in [2.45, 2.75) is 229 Å². The Bertz CT molecular complexity index is 7310. The molecule has 15 rings (SSSR count). The molecule has 0 aliphatic carbocycles. The number of anilines is 3. The summed E-state index contributed by atoms with van der Waals surface area (Å²) in [4.78, 5) is 170. The third-order valence-electron chi connectivity index (χ3n) is 23.7. The topological polar surface area (TPSA) is 744 Å². The van der Waals surface area contributed by atoms with Gasteiger partial charge < -0.3 is 54.9 Å². The number of imidazole rings is 1. The number of nitrogens with two attached hydrogens (primary N) is 3. The summed E-state index contributed by atoms with van der Waals surface area (Å²) in [6.45, 7) is -27.7. The van der Waals surface area contributed by atoms with Crippen molar-refractivity contribution in [2.24, 2.45) is 0 Å². The lowest BCUT2D eigenvalue weighted by atomic mass is 10.1. The van der Waals surface area contributed by atoms with Crippen molar-refractivity contribution in [1.82, 2.24) is 76.8 Å². The summed E-state index contributed by atoms with van der Waals surface area (Å²) in [5, 5.41) is 0. The number of thiol groups is 7. The highest BCUT2D eigenvalue weighted by molar-refractivity contribution is 8.46. The summed E-state index contributed by atoms with van der Waals surface area (Å²) in [5.41, 5.74) is 9.43. The van der Waals surface area contributed by atoms with Crippen molar-refractivity contribution in [3.8, 4) is 0 Å². The maximum Gasteiger partial charge on any atom is 0.386 e. The fraction of sp³-hybridized carbons (Fsp3) is 0.597. The molecule has 7 unspecified atom stereocenters. The van der Waals surface area contributed by atoms with Gasteiger partial charge in [0.05, 0.1) is 58.2 Å². The van der Waals surface area contributed by atoms with E-state index in [2.05, 4.69) is 131 Å². The Morgan fingerprint density at radius 1 is 0.326 bits per heavy atom. The van der Waals surface area contributed by atoms with Gasteiger partial charge in [-0.1, -0.05) is 92.7 Å². The first-order chi connectivity index (χ1) is 67.5. The number of aromatic nitrogens is 16. The van der Waals surface area contributed by atoms with E-state index < -0.39 is 304 Å². The van der Waals surface area contributed by atoms with Gasteiger partial charge in [-0.25, -0.2) is 65.7 Å². The molecule has 58 nitrogen and oxygen atoms in total. The van der Waals surface area contributed by atoms with Crippen LogP contribution in [0.2, 0.25) is 0 Å². The van der Waals surface area contributed by atoms with E-state index in [9.17, 15) is 84.7 Å². The predicted molar refractivity (Wildman–Crippen MR) is 525 cm³/mol. The molecule has 7 fully saturated rings. The molecule has 0 radical (unpaired) electrons. The van der Waals surface area contributed by atoms with Crippen LogP contribution in [0, 0.1) is 41.5 Å². The number of aryl methyl sites for hydroxylation is 6. The van der Waals surface area contributed by atoms with E-state index in [1.807, 2.05) is 0 Å². The van der Waals surface area contributed by atoms with Gasteiger partial charge in [0.1, 0.15) is 128 Å². The molecule has 72 heteroatoms. The van der Waals surface area contributed by atoms with Crippen molar-refractivity contribution >= 4 is 162 Å². The van der Waals surface area contributed by atoms with Crippen molar-refractivity contribution < 1.29 is 128 Å². The van der Waals surface area contributed by atoms with Crippen molar-refractivity contribution in [1.29, 1.82) is 0 Å². The minimum Gasteiger partial charge on any atom is -0.383 e. The quantitative estimate of drug-likeness (QED) is 0.0165. The molecule has 28 atom stereocenters. The molecule has 7 saturated heterocycles. The third kappa shape index (κ3) is 26.8. The SMILES string of the molecule is CC[C@H]1O[C@@H](n2cc(C)c(=O)[nH]c2=O)C[C@H]1OP(=O)(S)OC[C@H]1O[C@@H](n2cnc3c(=O)[nH]c(N)nc32)C[C@H]1OP(=O)(S)OC[C@H]1O[C@@H](n2cc(C)c(N)nc2=O)C[C@H]1OP(=O)(S)OC[C@H]1O[C@@H](n2cc(C)c(=O)[nH]c2=O)C[C@H]1OP(=O)(S)OC[C@H]1O[C@@H](n2cc(C)c(N)nc2=O)C[C@H]1OP(=O)(S)OC[C@H]1O[C@@H](n2cc(C)c(=O)[nH]c2=O)C[C@H]1OP(=O)(S)OC[C@H]1O[C@@H](n2cc(C)c(=O)[nH]c2=O)C[C@H]1OP(=O)(S)OC. The van der Waals surface area contributed by atoms with E-state index in [1.165, 1.54) is 77.2 Å². The summed E-state index contributed by atoms with van der Waals surface area (Å²) >= 11 is 29.7. The molecule has 0 amide bonds. The Morgan fingerprint density at radius 3 is 0.812 bits per heavy atom. The van der Waals surface area contributed by atoms with E-state index in [4.69, 9.17) is 114 Å². The number of nitrogen functional groups attached to an aromatic ring is 3. The molecular formula is C72H98N19O39P7S7. The number of aromatic amines is 5. The number of H-pyrrole nitrogens is 5. The normalized spacial score (nSPS) is 29.6. The molecule has 0 spiro atoms. The molecule has 8 aromatic rings. The molecule has 144 heavy (non-hydrogen) atoms. The number of nitrogens with zero attached hydrogens (tertiary/aromatic N) is 11. The average molecular weight is 2290 g/mol. The molecule has 7 aliphatic heterocycles. The predicted octanol–water partition coefficient (Wildman–Crippen LogP) is 5.56. The summed E-state index contributed by atoms with van der Waals surface area (Å²) in [5.74, 6) is -0.623. The minimum atomic E-state index is -4.96. The maximum atomic E-state index is 15.0. The highest BCUT2D eigenvalue weighted by atomic mass is 32.7. The monoisotopic (exact) mass is 2290 g/mol. The lowest BCUT2D eigenvalue weighted by Crippen LogP contribution is -2.33. The van der Waals surface area contributed by atoms with Crippen molar-refractivity contribution in [3.05, 3.63) is 192 Å². The van der Waals surface area contributed by atoms with E-state index in [-0.39, 0.29) is 87.8 Å². The van der Waals surface area contributed by atoms with Crippen LogP contribution in [-0.2, 0) is 128 Å². The van der Waals surface area contributed by atoms with Crippen LogP contribution in [0.3, 0.4) is 0 Å². The lowest BCUT2D eigenvalue weighted by Gasteiger charge is -2.27. The Morgan fingerprint density at radius 2 is 0.556 bits per heavy atom. The Balaban J connectivity index is 0.635. The van der Waals surface area contributed by atoms with Gasteiger partial charge in [-0.3, -0.25) is 140 Å². The number of fused-ring (bicyclic) bond motifs is 1. The zero-order valence-electron chi connectivity index (χ0n) is 76.4. The summed E-state index contributed by atoms with van der Waals surface area (Å²) < 4.78 is 235. The van der Waals surface area contributed by atoms with Gasteiger partial charge in [-0.2, -0.15) is 15.0 Å². The Labute approximate surface area is 846 Å². The number of hydrogen-bond donors (Lipinski definition) is 15. The van der Waals surface area contributed by atoms with Crippen LogP contribution in [0.25, 0.3) is 11.2 Å². The van der Waals surface area contributed by atoms with E-state index in [0.29, 0.717) is 0 Å². The van der Waals surface area contributed by atoms with Crippen molar-refractivity contribution in [3.63, 3.8) is 0 Å². The lowest BCUT2D eigenvalue weighted by molar-refractivity contribution is -0.0542. The molecule has 0 aromatic carbocycles. The van der Waals surface area contributed by atoms with Gasteiger partial charge in [0.2, 0.25) is 5.95 Å². The first kappa shape index (κ1) is 112. The molecule has 0 saturated carbocycles. The van der Waals surface area contributed by atoms with Gasteiger partial charge in [0.15, 0.2) is 11.2 Å². The molecule has 15 heterocycles. The molecule has 11 N–H and O–H groups in total. The van der Waals surface area contributed by atoms with Crippen LogP contribution in [-0.4, -0.2) is 209 Å². The first-order valence-corrected chi connectivity index (χ1v) is 62.2. The summed E-state index contributed by atoms with van der Waals surface area (Å²) in [6, 6.07) is 0. The second-order valence-corrected chi connectivity index (χ2v) is 54.1. The van der Waals surface area contributed by atoms with Crippen LogP contribution in [0.4, 0.5) is 17.6 Å². The Kier molecular flexibility index (Phi) is 34.7. The first-order valence-electron chi connectivity index (χ1n) is 43.3. The molecule has 792 valence electrons. The zero-order chi connectivity index (χ0) is 104. The van der Waals surface area contributed by atoms with Crippen LogP contribution in [0.1, 0.15) is 135 Å². The number of nitrogens with one attached hydrogen (secondary N) is 5. The van der Waals surface area contributed by atoms with Crippen LogP contribution >= 0.6 is 133 Å². The third-order valence-corrected chi connectivity index (χ3v) is 35.4. The smallest absolute Gasteiger partial charge is 0.383 e. The largest absolute Gasteiger partial charge is 0.386 e. The zero-order valence-corrected chi connectivity index (χ0v) is 88.9. The van der Waals surface area contributed by atoms with E-state index in [0.717, 1.165) is 46.9 Å². The number of hydrogen-bond acceptors (Lipinski definition) is 46. The number of rotatable bonds is 41. The fourth-order valence-corrected chi connectivity index (χ4v) is 26.6. The van der Waals surface area contributed by atoms with Crippen LogP contribution in [0.5, 0.6) is 0 Å². The van der Waals surface area contributed by atoms with Gasteiger partial charge in [0.25, 0.3) is 27.8 Å². The number of ether oxygens (including phenoxy) is 7. The summed E-state index contributed by atoms with van der Waals surface area (Å²) in [7, 11) is 1.04. The standard InChI is InChI=1S/C72H98N19O39P7S7/c1-9-36-37(10-50(117-36)87-19-32(4)61(92)81-69(87)99)125-132(104,139)111-28-49-43(16-56(123-49)91-29-76-57-60(91)79-66(75)80-65(57)96)130-137(109,144)116-25-46-40(13-52(120-46)86-18-31(3)59(74)78-68(86)98)127-135(107,142)115-27-48-42(15-55(122-48)90-22-35(7)64(95)84-72(90)102)129-136(108,143)113-24-45-39(12-51(119-45)85-17-30(2)58(73)77-67(85)97)126-134(106,141)114-26-47-41(14-54(121-47)89-21-34(6)63(94)83-71(89)101)128-133(105,140)112-23-44-38(124-131(103,138)110-8)11-53(118-44)88-20-33(5)62(93)82-70(88)100/h17-22,29,36-56H,9-16,23-28H2,1-8H3,(H,103,138)(H,104,139)(H,105,140)(H,106,141)(H,107,142)(H,108,143)(H,109,144)(H2,73,77,97)(H2,74,78,98)(H,81,92,99)(H,82,93,100)(H,83,94,101)(H,84,95,102)(H3,75,79,80,96)/t36-,37-,38-,39-,40-,41-,42-,43-,44-,45-,46-,47-,48-,49-,50-,51-,52-,53-,54-,55-,56-,131?,132?,133?,134?,135?,136?,137?/m1/s1. The van der Waals surface area contributed by atoms with Gasteiger partial charge >= 0.3 is 81.7 Å². The van der Waals surface area contributed by atoms with Crippen LogP contribution in [0.15, 0.2) is 96.2 Å². The van der Waals surface area contributed by atoms with Crippen molar-refractivity contribution in [2.75, 3.05) is 64.0 Å².